The molecule has 0 amide bonds. The first-order chi connectivity index (χ1) is 9.03. The van der Waals surface area contributed by atoms with Gasteiger partial charge in [0.15, 0.2) is 0 Å². The van der Waals surface area contributed by atoms with Crippen molar-refractivity contribution in [3.8, 4) is 0 Å². The molecule has 0 N–H and O–H groups in total. The van der Waals surface area contributed by atoms with Crippen LogP contribution in [0.25, 0.3) is 0 Å². The highest BCUT2D eigenvalue weighted by Gasteiger charge is 2.48. The quantitative estimate of drug-likeness (QED) is 0.757. The van der Waals surface area contributed by atoms with Crippen LogP contribution in [0.1, 0.15) is 32.6 Å². The van der Waals surface area contributed by atoms with Gasteiger partial charge in [0.05, 0.1) is 24.1 Å². The van der Waals surface area contributed by atoms with Gasteiger partial charge < -0.3 is 9.47 Å². The van der Waals surface area contributed by atoms with E-state index in [9.17, 15) is 8.42 Å². The summed E-state index contributed by atoms with van der Waals surface area (Å²) >= 11 is 0. The van der Waals surface area contributed by atoms with Crippen molar-refractivity contribution < 1.29 is 17.9 Å². The number of hydrogen-bond donors (Lipinski definition) is 0. The van der Waals surface area contributed by atoms with Gasteiger partial charge >= 0.3 is 0 Å². The molecule has 6 heteroatoms. The topological polar surface area (TPSA) is 55.8 Å². The fourth-order valence-electron chi connectivity index (χ4n) is 2.98. The Kier molecular flexibility index (Phi) is 3.62. The summed E-state index contributed by atoms with van der Waals surface area (Å²) in [4.78, 5) is 0. The van der Waals surface area contributed by atoms with Crippen LogP contribution in [0, 0.1) is 5.92 Å². The summed E-state index contributed by atoms with van der Waals surface area (Å²) in [6, 6.07) is 0. The molecule has 5 nitrogen and oxygen atoms in total. The van der Waals surface area contributed by atoms with Crippen LogP contribution in [0.2, 0.25) is 0 Å². The average molecular weight is 289 g/mol. The van der Waals surface area contributed by atoms with Crippen LogP contribution in [0.15, 0.2) is 0 Å². The van der Waals surface area contributed by atoms with Gasteiger partial charge in [-0.25, -0.2) is 8.42 Å². The highest BCUT2D eigenvalue weighted by molar-refractivity contribution is 7.89. The normalized spacial score (nSPS) is 36.4. The van der Waals surface area contributed by atoms with Crippen LogP contribution in [-0.4, -0.2) is 56.5 Å². The second-order valence-corrected chi connectivity index (χ2v) is 8.34. The smallest absolute Gasteiger partial charge is 0.213 e. The third-order valence-corrected chi connectivity index (χ3v) is 6.31. The Morgan fingerprint density at radius 3 is 2.89 bits per heavy atom. The Labute approximate surface area is 115 Å². The second kappa shape index (κ2) is 4.98. The largest absolute Gasteiger partial charge is 0.375 e. The Hall–Kier alpha value is -0.170. The Bertz CT molecular complexity index is 434. The van der Waals surface area contributed by atoms with E-state index in [-0.39, 0.29) is 17.5 Å². The fraction of sp³-hybridized carbons (Fsp3) is 1.00. The van der Waals surface area contributed by atoms with Gasteiger partial charge in [0.1, 0.15) is 0 Å². The van der Waals surface area contributed by atoms with E-state index >= 15 is 0 Å². The third kappa shape index (κ3) is 2.96. The van der Waals surface area contributed by atoms with Crippen molar-refractivity contribution in [3.05, 3.63) is 0 Å². The maximum Gasteiger partial charge on any atom is 0.213 e. The van der Waals surface area contributed by atoms with Gasteiger partial charge in [-0.15, -0.1) is 0 Å². The minimum atomic E-state index is -3.08. The molecule has 0 radical (unpaired) electrons. The van der Waals surface area contributed by atoms with Crippen LogP contribution in [-0.2, 0) is 19.5 Å². The lowest BCUT2D eigenvalue weighted by Gasteiger charge is -2.23. The maximum atomic E-state index is 11.9. The van der Waals surface area contributed by atoms with E-state index in [1.54, 1.807) is 11.2 Å². The highest BCUT2D eigenvalue weighted by Crippen LogP contribution is 2.38. The molecule has 1 aliphatic carbocycles. The van der Waals surface area contributed by atoms with Gasteiger partial charge in [-0.05, 0) is 32.1 Å². The molecule has 0 aromatic heterocycles. The number of rotatable bonds is 5. The standard InChI is InChI=1S/C13H23NO4S/c1-2-19(15,16)14-6-5-13(10-14)7-12(9-18-13)17-8-11-3-4-11/h11-12H,2-10H2,1H3/t12-,13-/m0/s1. The van der Waals surface area contributed by atoms with E-state index < -0.39 is 10.0 Å². The van der Waals surface area contributed by atoms with Crippen LogP contribution in [0.3, 0.4) is 0 Å². The molecular formula is C13H23NO4S. The number of ether oxygens (including phenoxy) is 2. The van der Waals surface area contributed by atoms with Crippen LogP contribution in [0.4, 0.5) is 0 Å². The molecule has 2 aliphatic heterocycles. The number of hydrogen-bond acceptors (Lipinski definition) is 4. The van der Waals surface area contributed by atoms with Gasteiger partial charge in [-0.3, -0.25) is 0 Å². The molecule has 0 unspecified atom stereocenters. The van der Waals surface area contributed by atoms with Crippen molar-refractivity contribution in [1.82, 2.24) is 4.31 Å². The van der Waals surface area contributed by atoms with E-state index in [2.05, 4.69) is 0 Å². The van der Waals surface area contributed by atoms with Gasteiger partial charge in [0.25, 0.3) is 0 Å². The summed E-state index contributed by atoms with van der Waals surface area (Å²) in [7, 11) is -3.08. The summed E-state index contributed by atoms with van der Waals surface area (Å²) in [5, 5.41) is 0. The molecule has 0 bridgehead atoms. The first kappa shape index (κ1) is 13.8. The molecule has 1 spiro atoms. The Morgan fingerprint density at radius 1 is 1.42 bits per heavy atom. The van der Waals surface area contributed by atoms with E-state index in [1.165, 1.54) is 12.8 Å². The summed E-state index contributed by atoms with van der Waals surface area (Å²) < 4.78 is 37.1. The molecule has 2 saturated heterocycles. The molecule has 0 aromatic rings. The van der Waals surface area contributed by atoms with Crippen molar-refractivity contribution in [1.29, 1.82) is 0 Å². The first-order valence-corrected chi connectivity index (χ1v) is 8.87. The SMILES string of the molecule is CCS(=O)(=O)N1CC[C@]2(C[C@H](OCC3CC3)CO2)C1. The molecule has 0 aromatic carbocycles. The lowest BCUT2D eigenvalue weighted by atomic mass is 9.98. The van der Waals surface area contributed by atoms with Crippen molar-refractivity contribution in [2.24, 2.45) is 5.92 Å². The lowest BCUT2D eigenvalue weighted by Crippen LogP contribution is -2.36. The van der Waals surface area contributed by atoms with Crippen molar-refractivity contribution >= 4 is 10.0 Å². The van der Waals surface area contributed by atoms with Crippen molar-refractivity contribution in [2.45, 2.75) is 44.3 Å². The summed E-state index contributed by atoms with van der Waals surface area (Å²) in [5.41, 5.74) is -0.281. The number of sulfonamides is 1. The third-order valence-electron chi connectivity index (χ3n) is 4.48. The average Bonchev–Trinajstić information content (AvgIpc) is 3.00. The van der Waals surface area contributed by atoms with Crippen molar-refractivity contribution in [2.75, 3.05) is 32.1 Å². The zero-order valence-electron chi connectivity index (χ0n) is 11.5. The molecule has 2 heterocycles. The zero-order valence-corrected chi connectivity index (χ0v) is 12.3. The second-order valence-electron chi connectivity index (χ2n) is 6.08. The molecule has 2 atom stereocenters. The van der Waals surface area contributed by atoms with E-state index in [0.717, 1.165) is 25.4 Å². The monoisotopic (exact) mass is 289 g/mol. The van der Waals surface area contributed by atoms with Gasteiger partial charge in [-0.2, -0.15) is 4.31 Å². The van der Waals surface area contributed by atoms with Gasteiger partial charge in [-0.1, -0.05) is 0 Å². The lowest BCUT2D eigenvalue weighted by molar-refractivity contribution is 0.00425. The molecule has 1 saturated carbocycles. The molecule has 3 rings (SSSR count). The van der Waals surface area contributed by atoms with Crippen LogP contribution < -0.4 is 0 Å². The molecule has 110 valence electrons. The van der Waals surface area contributed by atoms with E-state index in [4.69, 9.17) is 9.47 Å². The molecular weight excluding hydrogens is 266 g/mol. The van der Waals surface area contributed by atoms with E-state index in [1.807, 2.05) is 0 Å². The van der Waals surface area contributed by atoms with Crippen LogP contribution in [0.5, 0.6) is 0 Å². The number of nitrogens with zero attached hydrogens (tertiary/aromatic N) is 1. The Balaban J connectivity index is 1.54. The summed E-state index contributed by atoms with van der Waals surface area (Å²) in [6.07, 6.45) is 4.39. The van der Waals surface area contributed by atoms with Crippen molar-refractivity contribution in [3.63, 3.8) is 0 Å². The molecule has 3 aliphatic rings. The molecule has 19 heavy (non-hydrogen) atoms. The predicted molar refractivity (Wildman–Crippen MR) is 71.4 cm³/mol. The first-order valence-electron chi connectivity index (χ1n) is 7.26. The highest BCUT2D eigenvalue weighted by atomic mass is 32.2. The summed E-state index contributed by atoms with van der Waals surface area (Å²) in [5.74, 6) is 0.933. The van der Waals surface area contributed by atoms with E-state index in [0.29, 0.717) is 19.7 Å². The summed E-state index contributed by atoms with van der Waals surface area (Å²) in [6.45, 7) is 4.25. The minimum absolute atomic E-state index is 0.157. The predicted octanol–water partition coefficient (Wildman–Crippen LogP) is 0.996. The fourth-order valence-corrected chi connectivity index (χ4v) is 4.15. The van der Waals surface area contributed by atoms with Crippen LogP contribution >= 0.6 is 0 Å². The van der Waals surface area contributed by atoms with Gasteiger partial charge in [0, 0.05) is 26.1 Å². The Morgan fingerprint density at radius 2 is 2.21 bits per heavy atom. The molecule has 3 fully saturated rings. The zero-order chi connectivity index (χ0) is 13.5. The minimum Gasteiger partial charge on any atom is -0.375 e. The van der Waals surface area contributed by atoms with Gasteiger partial charge in [0.2, 0.25) is 10.0 Å². The maximum absolute atomic E-state index is 11.9.